The van der Waals surface area contributed by atoms with Crippen LogP contribution in [0, 0.1) is 0 Å². The van der Waals surface area contributed by atoms with Gasteiger partial charge in [-0.3, -0.25) is 4.68 Å². The normalized spacial score (nSPS) is 21.3. The number of hydrogen-bond donors (Lipinski definition) is 1. The van der Waals surface area contributed by atoms with Crippen LogP contribution in [-0.2, 0) is 18.9 Å². The third-order valence-corrected chi connectivity index (χ3v) is 4.47. The Hall–Kier alpha value is -1.81. The van der Waals surface area contributed by atoms with Crippen LogP contribution >= 0.6 is 0 Å². The number of aromatic nitrogens is 2. The molecule has 2 heterocycles. The van der Waals surface area contributed by atoms with Crippen LogP contribution in [-0.4, -0.2) is 22.9 Å². The van der Waals surface area contributed by atoms with Crippen molar-refractivity contribution in [2.45, 2.75) is 24.7 Å². The first-order chi connectivity index (χ1) is 9.75. The summed E-state index contributed by atoms with van der Waals surface area (Å²) < 4.78 is 7.71. The highest BCUT2D eigenvalue weighted by Gasteiger charge is 2.36. The molecule has 1 aromatic heterocycles. The largest absolute Gasteiger partial charge is 0.493 e. The molecular formula is C16H21N3O. The summed E-state index contributed by atoms with van der Waals surface area (Å²) in [5.74, 6) is 0.995. The summed E-state index contributed by atoms with van der Waals surface area (Å²) in [5, 5.41) is 4.23. The van der Waals surface area contributed by atoms with E-state index >= 15 is 0 Å². The Bertz CT molecular complexity index is 593. The topological polar surface area (TPSA) is 53.1 Å². The Balaban J connectivity index is 1.87. The average molecular weight is 271 g/mol. The number of aryl methyl sites for hydroxylation is 2. The average Bonchev–Trinajstić information content (AvgIpc) is 2.90. The van der Waals surface area contributed by atoms with Gasteiger partial charge in [0.05, 0.1) is 6.61 Å². The fourth-order valence-electron chi connectivity index (χ4n) is 3.11. The summed E-state index contributed by atoms with van der Waals surface area (Å²) in [6.45, 7) is 1.41. The maximum Gasteiger partial charge on any atom is 0.123 e. The molecule has 1 unspecified atom stereocenters. The SMILES string of the molecule is Cn1nccc1CCC1(CN)CCOc2ccccc21. The van der Waals surface area contributed by atoms with Crippen LogP contribution in [0.1, 0.15) is 24.1 Å². The van der Waals surface area contributed by atoms with Crippen LogP contribution < -0.4 is 10.5 Å². The number of ether oxygens (including phenoxy) is 1. The lowest BCUT2D eigenvalue weighted by atomic mass is 9.72. The fraction of sp³-hybridized carbons (Fsp3) is 0.438. The molecule has 2 aromatic rings. The van der Waals surface area contributed by atoms with Gasteiger partial charge in [0.1, 0.15) is 5.75 Å². The fourth-order valence-corrected chi connectivity index (χ4v) is 3.11. The molecule has 3 rings (SSSR count). The molecule has 0 amide bonds. The molecule has 20 heavy (non-hydrogen) atoms. The zero-order valence-electron chi connectivity index (χ0n) is 11.9. The van der Waals surface area contributed by atoms with E-state index in [1.807, 2.05) is 30.1 Å². The molecule has 0 saturated heterocycles. The molecule has 1 atom stereocenters. The van der Waals surface area contributed by atoms with Crippen molar-refractivity contribution in [2.75, 3.05) is 13.2 Å². The minimum Gasteiger partial charge on any atom is -0.493 e. The minimum atomic E-state index is 0.0269. The van der Waals surface area contributed by atoms with E-state index in [2.05, 4.69) is 23.3 Å². The summed E-state index contributed by atoms with van der Waals surface area (Å²) >= 11 is 0. The molecular weight excluding hydrogens is 250 g/mol. The summed E-state index contributed by atoms with van der Waals surface area (Å²) in [6.07, 6.45) is 4.85. The van der Waals surface area contributed by atoms with Gasteiger partial charge in [0.2, 0.25) is 0 Å². The molecule has 2 N–H and O–H groups in total. The molecule has 0 aliphatic carbocycles. The van der Waals surface area contributed by atoms with Crippen molar-refractivity contribution >= 4 is 0 Å². The molecule has 0 radical (unpaired) electrons. The van der Waals surface area contributed by atoms with Gasteiger partial charge in [-0.25, -0.2) is 0 Å². The van der Waals surface area contributed by atoms with Crippen molar-refractivity contribution in [3.05, 3.63) is 47.8 Å². The highest BCUT2D eigenvalue weighted by Crippen LogP contribution is 2.41. The van der Waals surface area contributed by atoms with Crippen molar-refractivity contribution < 1.29 is 4.74 Å². The van der Waals surface area contributed by atoms with Gasteiger partial charge < -0.3 is 10.5 Å². The van der Waals surface area contributed by atoms with E-state index in [1.54, 1.807) is 0 Å². The van der Waals surface area contributed by atoms with Gasteiger partial charge in [0.15, 0.2) is 0 Å². The van der Waals surface area contributed by atoms with Gasteiger partial charge in [-0.15, -0.1) is 0 Å². The zero-order valence-corrected chi connectivity index (χ0v) is 11.9. The molecule has 1 aliphatic heterocycles. The number of fused-ring (bicyclic) bond motifs is 1. The lowest BCUT2D eigenvalue weighted by Crippen LogP contribution is -2.40. The number of para-hydroxylation sites is 1. The molecule has 0 bridgehead atoms. The molecule has 1 aliphatic rings. The number of nitrogens with two attached hydrogens (primary N) is 1. The molecule has 4 heteroatoms. The maximum absolute atomic E-state index is 6.15. The van der Waals surface area contributed by atoms with Crippen LogP contribution in [0.15, 0.2) is 36.5 Å². The van der Waals surface area contributed by atoms with E-state index in [-0.39, 0.29) is 5.41 Å². The van der Waals surface area contributed by atoms with E-state index in [0.29, 0.717) is 6.54 Å². The molecule has 0 fully saturated rings. The van der Waals surface area contributed by atoms with E-state index in [0.717, 1.165) is 31.6 Å². The summed E-state index contributed by atoms with van der Waals surface area (Å²) in [4.78, 5) is 0. The van der Waals surface area contributed by atoms with Crippen molar-refractivity contribution in [3.8, 4) is 5.75 Å². The maximum atomic E-state index is 6.15. The van der Waals surface area contributed by atoms with Crippen molar-refractivity contribution in [2.24, 2.45) is 12.8 Å². The summed E-state index contributed by atoms with van der Waals surface area (Å²) in [5.41, 5.74) is 8.69. The number of hydrogen-bond acceptors (Lipinski definition) is 3. The first kappa shape index (κ1) is 13.2. The van der Waals surface area contributed by atoms with Gasteiger partial charge in [-0.1, -0.05) is 18.2 Å². The van der Waals surface area contributed by atoms with Crippen LogP contribution in [0.5, 0.6) is 5.75 Å². The third-order valence-electron chi connectivity index (χ3n) is 4.47. The Labute approximate surface area is 119 Å². The van der Waals surface area contributed by atoms with E-state index in [4.69, 9.17) is 10.5 Å². The number of rotatable bonds is 4. The summed E-state index contributed by atoms with van der Waals surface area (Å²) in [7, 11) is 1.99. The van der Waals surface area contributed by atoms with Crippen LogP contribution in [0.4, 0.5) is 0 Å². The number of nitrogens with zero attached hydrogens (tertiary/aromatic N) is 2. The van der Waals surface area contributed by atoms with Crippen molar-refractivity contribution in [3.63, 3.8) is 0 Å². The molecule has 0 spiro atoms. The van der Waals surface area contributed by atoms with Crippen LogP contribution in [0.2, 0.25) is 0 Å². The highest BCUT2D eigenvalue weighted by atomic mass is 16.5. The molecule has 106 valence electrons. The molecule has 4 nitrogen and oxygen atoms in total. The van der Waals surface area contributed by atoms with Gasteiger partial charge in [0, 0.05) is 36.5 Å². The lowest BCUT2D eigenvalue weighted by molar-refractivity contribution is 0.208. The van der Waals surface area contributed by atoms with Gasteiger partial charge in [-0.05, 0) is 31.4 Å². The molecule has 1 aromatic carbocycles. The first-order valence-corrected chi connectivity index (χ1v) is 7.14. The first-order valence-electron chi connectivity index (χ1n) is 7.14. The number of benzene rings is 1. The monoisotopic (exact) mass is 271 g/mol. The van der Waals surface area contributed by atoms with E-state index in [9.17, 15) is 0 Å². The third kappa shape index (κ3) is 2.20. The highest BCUT2D eigenvalue weighted by molar-refractivity contribution is 5.41. The Morgan fingerprint density at radius 2 is 2.20 bits per heavy atom. The van der Waals surface area contributed by atoms with E-state index < -0.39 is 0 Å². The smallest absolute Gasteiger partial charge is 0.123 e. The molecule has 0 saturated carbocycles. The van der Waals surface area contributed by atoms with Crippen molar-refractivity contribution in [1.29, 1.82) is 0 Å². The van der Waals surface area contributed by atoms with Gasteiger partial charge in [0.25, 0.3) is 0 Å². The summed E-state index contributed by atoms with van der Waals surface area (Å²) in [6, 6.07) is 10.4. The lowest BCUT2D eigenvalue weighted by Gasteiger charge is -2.38. The predicted octanol–water partition coefficient (Wildman–Crippen LogP) is 2.03. The Morgan fingerprint density at radius 1 is 1.35 bits per heavy atom. The van der Waals surface area contributed by atoms with E-state index in [1.165, 1.54) is 11.3 Å². The van der Waals surface area contributed by atoms with Gasteiger partial charge in [-0.2, -0.15) is 5.10 Å². The second kappa shape index (κ2) is 5.29. The predicted molar refractivity (Wildman–Crippen MR) is 78.8 cm³/mol. The van der Waals surface area contributed by atoms with Crippen LogP contribution in [0.25, 0.3) is 0 Å². The zero-order chi connectivity index (χ0) is 14.0. The quantitative estimate of drug-likeness (QED) is 0.925. The van der Waals surface area contributed by atoms with Crippen LogP contribution in [0.3, 0.4) is 0 Å². The van der Waals surface area contributed by atoms with Crippen molar-refractivity contribution in [1.82, 2.24) is 9.78 Å². The second-order valence-electron chi connectivity index (χ2n) is 5.53. The Kier molecular flexibility index (Phi) is 3.49. The second-order valence-corrected chi connectivity index (χ2v) is 5.53. The van der Waals surface area contributed by atoms with Gasteiger partial charge >= 0.3 is 0 Å². The minimum absolute atomic E-state index is 0.0269. The Morgan fingerprint density at radius 3 is 2.95 bits per heavy atom. The standard InChI is InChI=1S/C16H21N3O/c1-19-13(7-10-18-19)6-8-16(12-17)9-11-20-15-5-3-2-4-14(15)16/h2-5,7,10H,6,8-9,11-12,17H2,1H3.